The molecule has 0 aliphatic heterocycles. The van der Waals surface area contributed by atoms with Crippen molar-refractivity contribution in [3.05, 3.63) is 46.6 Å². The molecule has 29 heavy (non-hydrogen) atoms. The number of halogens is 4. The highest BCUT2D eigenvalue weighted by molar-refractivity contribution is 6.31. The number of carbonyl (C=O) groups is 1. The van der Waals surface area contributed by atoms with E-state index in [0.717, 1.165) is 0 Å². The van der Waals surface area contributed by atoms with Crippen LogP contribution in [0.5, 0.6) is 17.4 Å². The molecule has 2 aromatic rings. The molecule has 0 amide bonds. The molecule has 158 valence electrons. The van der Waals surface area contributed by atoms with Crippen LogP contribution < -0.4 is 9.47 Å². The second-order valence-electron chi connectivity index (χ2n) is 6.16. The molecule has 0 saturated carbocycles. The number of ether oxygens (including phenoxy) is 3. The van der Waals surface area contributed by atoms with Crippen molar-refractivity contribution in [1.82, 2.24) is 4.98 Å². The van der Waals surface area contributed by atoms with E-state index in [9.17, 15) is 18.0 Å². The molecule has 10 heteroatoms. The molecule has 1 heterocycles. The van der Waals surface area contributed by atoms with Crippen molar-refractivity contribution < 1.29 is 37.3 Å². The van der Waals surface area contributed by atoms with Gasteiger partial charge in [-0.15, -0.1) is 0 Å². The predicted octanol–water partition coefficient (Wildman–Crippen LogP) is 4.83. The van der Waals surface area contributed by atoms with Gasteiger partial charge in [0.1, 0.15) is 23.1 Å². The van der Waals surface area contributed by atoms with Crippen LogP contribution >= 0.6 is 11.6 Å². The number of pyridine rings is 1. The Morgan fingerprint density at radius 2 is 2.00 bits per heavy atom. The van der Waals surface area contributed by atoms with E-state index in [1.807, 2.05) is 0 Å². The van der Waals surface area contributed by atoms with Gasteiger partial charge in [0, 0.05) is 19.4 Å². The van der Waals surface area contributed by atoms with Crippen LogP contribution in [0, 0.1) is 5.92 Å². The van der Waals surface area contributed by atoms with Gasteiger partial charge < -0.3 is 19.3 Å². The van der Waals surface area contributed by atoms with Crippen molar-refractivity contribution >= 4 is 17.6 Å². The second-order valence-corrected chi connectivity index (χ2v) is 6.57. The van der Waals surface area contributed by atoms with Crippen molar-refractivity contribution in [1.29, 1.82) is 0 Å². The van der Waals surface area contributed by atoms with E-state index in [1.165, 1.54) is 20.1 Å². The van der Waals surface area contributed by atoms with E-state index in [1.54, 1.807) is 12.1 Å². The van der Waals surface area contributed by atoms with Gasteiger partial charge in [0.05, 0.1) is 18.1 Å². The Bertz CT molecular complexity index is 860. The number of rotatable bonds is 9. The van der Waals surface area contributed by atoms with Crippen molar-refractivity contribution in [2.75, 3.05) is 20.3 Å². The summed E-state index contributed by atoms with van der Waals surface area (Å²) in [5.74, 6) is -1.36. The summed E-state index contributed by atoms with van der Waals surface area (Å²) in [6, 6.07) is 5.46. The minimum Gasteiger partial charge on any atom is -0.491 e. The van der Waals surface area contributed by atoms with Gasteiger partial charge in [0.2, 0.25) is 5.88 Å². The fraction of sp³-hybridized carbons (Fsp3) is 0.368. The van der Waals surface area contributed by atoms with E-state index in [0.29, 0.717) is 30.2 Å². The number of carboxylic acid groups (broad SMARTS) is 1. The summed E-state index contributed by atoms with van der Waals surface area (Å²) in [5.41, 5.74) is -0.497. The largest absolute Gasteiger partial charge is 0.491 e. The van der Waals surface area contributed by atoms with Crippen LogP contribution in [0.25, 0.3) is 0 Å². The Labute approximate surface area is 170 Å². The van der Waals surface area contributed by atoms with E-state index in [-0.39, 0.29) is 29.7 Å². The zero-order chi connectivity index (χ0) is 21.6. The minimum absolute atomic E-state index is 0.126. The van der Waals surface area contributed by atoms with Gasteiger partial charge in [-0.1, -0.05) is 24.6 Å². The first-order valence-corrected chi connectivity index (χ1v) is 8.87. The molecule has 1 unspecified atom stereocenters. The van der Waals surface area contributed by atoms with E-state index >= 15 is 0 Å². The van der Waals surface area contributed by atoms with E-state index in [4.69, 9.17) is 30.9 Å². The number of benzene rings is 1. The number of alkyl halides is 3. The van der Waals surface area contributed by atoms with Gasteiger partial charge in [0.25, 0.3) is 0 Å². The van der Waals surface area contributed by atoms with Gasteiger partial charge >= 0.3 is 12.1 Å². The number of methoxy groups -OCH3 is 1. The monoisotopic (exact) mass is 433 g/mol. The Morgan fingerprint density at radius 3 is 2.59 bits per heavy atom. The average molecular weight is 434 g/mol. The predicted molar refractivity (Wildman–Crippen MR) is 98.6 cm³/mol. The van der Waals surface area contributed by atoms with Gasteiger partial charge in [-0.05, 0) is 24.1 Å². The van der Waals surface area contributed by atoms with E-state index in [2.05, 4.69) is 4.98 Å². The zero-order valence-electron chi connectivity index (χ0n) is 15.6. The first-order chi connectivity index (χ1) is 13.6. The molecule has 1 N–H and O–H groups in total. The van der Waals surface area contributed by atoms with Gasteiger partial charge in [-0.2, -0.15) is 13.2 Å². The van der Waals surface area contributed by atoms with Crippen molar-refractivity contribution in [3.63, 3.8) is 0 Å². The minimum atomic E-state index is -4.59. The molecule has 0 aliphatic rings. The molecular weight excluding hydrogens is 415 g/mol. The van der Waals surface area contributed by atoms with Crippen molar-refractivity contribution in [3.8, 4) is 17.4 Å². The quantitative estimate of drug-likeness (QED) is 0.570. The molecular formula is C19H19ClF3NO5. The van der Waals surface area contributed by atoms with Crippen LogP contribution in [0.3, 0.4) is 0 Å². The molecule has 1 aromatic heterocycles. The topological polar surface area (TPSA) is 77.9 Å². The summed E-state index contributed by atoms with van der Waals surface area (Å²) >= 11 is 5.91. The van der Waals surface area contributed by atoms with Gasteiger partial charge in [0.15, 0.2) is 0 Å². The highest BCUT2D eigenvalue weighted by Crippen LogP contribution is 2.36. The van der Waals surface area contributed by atoms with Crippen LogP contribution in [-0.2, 0) is 22.1 Å². The van der Waals surface area contributed by atoms with E-state index < -0.39 is 23.6 Å². The average Bonchev–Trinajstić information content (AvgIpc) is 2.64. The Balaban J connectivity index is 2.34. The molecule has 0 radical (unpaired) electrons. The van der Waals surface area contributed by atoms with Gasteiger partial charge in [-0.3, -0.25) is 4.79 Å². The summed E-state index contributed by atoms with van der Waals surface area (Å²) in [6.07, 6.45) is -3.85. The molecule has 6 nitrogen and oxygen atoms in total. The molecule has 0 saturated heterocycles. The molecule has 0 aliphatic carbocycles. The maximum absolute atomic E-state index is 12.8. The van der Waals surface area contributed by atoms with Crippen LogP contribution in [0.1, 0.15) is 18.1 Å². The fourth-order valence-electron chi connectivity index (χ4n) is 2.31. The van der Waals surface area contributed by atoms with Crippen molar-refractivity contribution in [2.24, 2.45) is 5.92 Å². The molecule has 0 bridgehead atoms. The lowest BCUT2D eigenvalue weighted by Gasteiger charge is -2.16. The highest BCUT2D eigenvalue weighted by Gasteiger charge is 2.32. The molecule has 1 atom stereocenters. The second kappa shape index (κ2) is 9.80. The number of hydrogen-bond acceptors (Lipinski definition) is 5. The maximum Gasteiger partial charge on any atom is 0.417 e. The normalized spacial score (nSPS) is 12.5. The molecule has 0 spiro atoms. The maximum atomic E-state index is 12.8. The van der Waals surface area contributed by atoms with Gasteiger partial charge in [-0.25, -0.2) is 4.98 Å². The van der Waals surface area contributed by atoms with Crippen molar-refractivity contribution in [2.45, 2.75) is 19.5 Å². The lowest BCUT2D eigenvalue weighted by molar-refractivity contribution is -0.141. The third-order valence-corrected chi connectivity index (χ3v) is 4.15. The number of hydrogen-bond donors (Lipinski definition) is 1. The summed E-state index contributed by atoms with van der Waals surface area (Å²) in [5, 5.41) is 8.82. The third kappa shape index (κ3) is 6.50. The number of nitrogens with zero attached hydrogens (tertiary/aromatic N) is 1. The summed E-state index contributed by atoms with van der Waals surface area (Å²) in [4.78, 5) is 14.8. The summed E-state index contributed by atoms with van der Waals surface area (Å²) in [7, 11) is 1.52. The lowest BCUT2D eigenvalue weighted by Crippen LogP contribution is -2.13. The third-order valence-electron chi connectivity index (χ3n) is 3.88. The summed E-state index contributed by atoms with van der Waals surface area (Å²) in [6.45, 7) is 2.14. The summed E-state index contributed by atoms with van der Waals surface area (Å²) < 4.78 is 54.4. The first kappa shape index (κ1) is 22.8. The van der Waals surface area contributed by atoms with Crippen LogP contribution in [0.4, 0.5) is 13.2 Å². The number of carboxylic acids is 1. The first-order valence-electron chi connectivity index (χ1n) is 8.50. The van der Waals surface area contributed by atoms with Crippen LogP contribution in [-0.4, -0.2) is 36.4 Å². The molecule has 1 aromatic carbocycles. The standard InChI is InChI=1S/C19H19ClF3NO5/c1-11(18(25)26)7-12-3-4-14(28-6-5-27-2)9-16(12)29-17-15(20)8-13(10-24-17)19(21,22)23/h3-4,8-11H,5-7H2,1-2H3,(H,25,26). The molecule has 0 fully saturated rings. The number of aliphatic carboxylic acids is 1. The Hall–Kier alpha value is -2.52. The van der Waals surface area contributed by atoms with Crippen LogP contribution in [0.15, 0.2) is 30.5 Å². The SMILES string of the molecule is COCCOc1ccc(CC(C)C(=O)O)c(Oc2ncc(C(F)(F)F)cc2Cl)c1. The number of aromatic nitrogens is 1. The highest BCUT2D eigenvalue weighted by atomic mass is 35.5. The zero-order valence-corrected chi connectivity index (χ0v) is 16.4. The lowest BCUT2D eigenvalue weighted by atomic mass is 10.0. The smallest absolute Gasteiger partial charge is 0.417 e. The molecule has 2 rings (SSSR count). The fourth-order valence-corrected chi connectivity index (χ4v) is 2.51. The Kier molecular flexibility index (Phi) is 7.69. The Morgan fingerprint density at radius 1 is 1.28 bits per heavy atom. The van der Waals surface area contributed by atoms with Crippen LogP contribution in [0.2, 0.25) is 5.02 Å².